The molecule has 9 nitrogen and oxygen atoms in total. The van der Waals surface area contributed by atoms with Gasteiger partial charge in [0, 0.05) is 37.4 Å². The number of carbonyl (C=O) groups excluding carboxylic acids is 2. The van der Waals surface area contributed by atoms with Gasteiger partial charge in [-0.2, -0.15) is 0 Å². The molecule has 0 unspecified atom stereocenters. The summed E-state index contributed by atoms with van der Waals surface area (Å²) in [5.41, 5.74) is 2.26. The van der Waals surface area contributed by atoms with Crippen LogP contribution in [-0.2, 0) is 17.9 Å². The predicted molar refractivity (Wildman–Crippen MR) is 145 cm³/mol. The van der Waals surface area contributed by atoms with Crippen LogP contribution < -0.4 is 10.1 Å². The molecule has 0 bridgehead atoms. The van der Waals surface area contributed by atoms with E-state index in [0.29, 0.717) is 41.7 Å². The van der Waals surface area contributed by atoms with Gasteiger partial charge in [0.1, 0.15) is 11.5 Å². The highest BCUT2D eigenvalue weighted by atomic mass is 35.5. The predicted octanol–water partition coefficient (Wildman–Crippen LogP) is 4.90. The van der Waals surface area contributed by atoms with Crippen LogP contribution in [0.2, 0.25) is 5.02 Å². The van der Waals surface area contributed by atoms with E-state index >= 15 is 0 Å². The van der Waals surface area contributed by atoms with Gasteiger partial charge < -0.3 is 14.5 Å². The fourth-order valence-electron chi connectivity index (χ4n) is 3.22. The topological polar surface area (TPSA) is 90.4 Å². The number of aliphatic imine (C=N–C) groups is 1. The minimum absolute atomic E-state index is 0.103. The van der Waals surface area contributed by atoms with Gasteiger partial charge in [-0.3, -0.25) is 20.0 Å². The highest BCUT2D eigenvalue weighted by Crippen LogP contribution is 2.25. The first-order chi connectivity index (χ1) is 17.8. The Bertz CT molecular complexity index is 1220. The number of carbonyl (C=O) groups is 2. The third kappa shape index (κ3) is 8.59. The van der Waals surface area contributed by atoms with E-state index in [0.717, 1.165) is 11.3 Å². The first-order valence-electron chi connectivity index (χ1n) is 11.7. The number of hydrogen-bond donors (Lipinski definition) is 1. The molecule has 0 aliphatic carbocycles. The van der Waals surface area contributed by atoms with E-state index in [4.69, 9.17) is 16.3 Å². The third-order valence-corrected chi connectivity index (χ3v) is 5.53. The monoisotopic (exact) mass is 522 g/mol. The summed E-state index contributed by atoms with van der Waals surface area (Å²) in [6, 6.07) is 17.4. The SMILES string of the molecule is CCN(C)C(=O)NC(=Nc1ccc(Oc2ccnc(CN(C)C)c2)cc1)N(C=O)Cc1ccc(Cl)cc1. The van der Waals surface area contributed by atoms with Crippen molar-refractivity contribution in [2.45, 2.75) is 20.0 Å². The smallest absolute Gasteiger partial charge is 0.323 e. The summed E-state index contributed by atoms with van der Waals surface area (Å²) in [5, 5.41) is 3.33. The minimum atomic E-state index is -0.379. The average Bonchev–Trinajstić information content (AvgIpc) is 2.88. The molecular weight excluding hydrogens is 492 g/mol. The highest BCUT2D eigenvalue weighted by Gasteiger charge is 2.17. The molecule has 194 valence electrons. The summed E-state index contributed by atoms with van der Waals surface area (Å²) in [6.07, 6.45) is 2.34. The van der Waals surface area contributed by atoms with Crippen LogP contribution in [0.25, 0.3) is 0 Å². The van der Waals surface area contributed by atoms with Crippen molar-refractivity contribution < 1.29 is 14.3 Å². The Kier molecular flexibility index (Phi) is 10.00. The molecule has 37 heavy (non-hydrogen) atoms. The number of ether oxygens (including phenoxy) is 1. The lowest BCUT2D eigenvalue weighted by Gasteiger charge is -2.23. The minimum Gasteiger partial charge on any atom is -0.457 e. The van der Waals surface area contributed by atoms with Crippen molar-refractivity contribution in [2.24, 2.45) is 4.99 Å². The number of nitrogens with zero attached hydrogens (tertiary/aromatic N) is 5. The van der Waals surface area contributed by atoms with Crippen LogP contribution in [0, 0.1) is 0 Å². The van der Waals surface area contributed by atoms with Crippen molar-refractivity contribution >= 4 is 35.7 Å². The number of rotatable bonds is 9. The molecule has 3 amide bonds. The lowest BCUT2D eigenvalue weighted by atomic mass is 10.2. The first-order valence-corrected chi connectivity index (χ1v) is 12.1. The van der Waals surface area contributed by atoms with Crippen LogP contribution in [0.3, 0.4) is 0 Å². The number of guanidine groups is 1. The van der Waals surface area contributed by atoms with E-state index in [1.807, 2.05) is 44.1 Å². The van der Waals surface area contributed by atoms with Gasteiger partial charge in [0.05, 0.1) is 17.9 Å². The van der Waals surface area contributed by atoms with E-state index in [-0.39, 0.29) is 18.5 Å². The van der Waals surface area contributed by atoms with Crippen LogP contribution in [0.4, 0.5) is 10.5 Å². The zero-order valence-electron chi connectivity index (χ0n) is 21.4. The lowest BCUT2D eigenvalue weighted by molar-refractivity contribution is -0.115. The van der Waals surface area contributed by atoms with Crippen LogP contribution >= 0.6 is 11.6 Å². The van der Waals surface area contributed by atoms with Crippen molar-refractivity contribution in [3.63, 3.8) is 0 Å². The number of pyridine rings is 1. The number of benzene rings is 2. The van der Waals surface area contributed by atoms with E-state index < -0.39 is 0 Å². The quantitative estimate of drug-likeness (QED) is 0.245. The summed E-state index contributed by atoms with van der Waals surface area (Å²) in [4.78, 5) is 38.3. The zero-order valence-corrected chi connectivity index (χ0v) is 22.1. The Balaban J connectivity index is 1.82. The fourth-order valence-corrected chi connectivity index (χ4v) is 3.35. The number of urea groups is 1. The maximum absolute atomic E-state index is 12.6. The summed E-state index contributed by atoms with van der Waals surface area (Å²) in [7, 11) is 5.62. The van der Waals surface area contributed by atoms with Crippen LogP contribution in [0.5, 0.6) is 11.5 Å². The van der Waals surface area contributed by atoms with Crippen LogP contribution in [0.15, 0.2) is 71.9 Å². The molecule has 0 saturated carbocycles. The van der Waals surface area contributed by atoms with Crippen molar-refractivity contribution in [1.29, 1.82) is 0 Å². The molecule has 0 saturated heterocycles. The normalized spacial score (nSPS) is 11.2. The van der Waals surface area contributed by atoms with E-state index in [1.54, 1.807) is 55.7 Å². The van der Waals surface area contributed by atoms with Crippen LogP contribution in [-0.4, -0.2) is 65.8 Å². The summed E-state index contributed by atoms with van der Waals surface area (Å²) in [6.45, 7) is 3.26. The molecule has 10 heteroatoms. The van der Waals surface area contributed by atoms with Gasteiger partial charge in [-0.1, -0.05) is 23.7 Å². The third-order valence-electron chi connectivity index (χ3n) is 5.28. The van der Waals surface area contributed by atoms with Gasteiger partial charge in [-0.25, -0.2) is 9.79 Å². The number of hydrogen-bond acceptors (Lipinski definition) is 6. The van der Waals surface area contributed by atoms with Crippen LogP contribution in [0.1, 0.15) is 18.2 Å². The first kappa shape index (κ1) is 27.6. The van der Waals surface area contributed by atoms with Crippen molar-refractivity contribution in [1.82, 2.24) is 25.0 Å². The van der Waals surface area contributed by atoms with E-state index in [9.17, 15) is 9.59 Å². The standard InChI is InChI=1S/C27H31ClN6O3/c1-5-33(4)27(36)31-26(34(19-35)17-20-6-8-21(28)9-7-20)30-22-10-12-24(13-11-22)37-25-14-15-29-23(16-25)18-32(2)3/h6-16,19H,5,17-18H2,1-4H3,(H,30,31,36). The summed E-state index contributed by atoms with van der Waals surface area (Å²) < 4.78 is 5.97. The Labute approximate surface area is 222 Å². The molecule has 1 heterocycles. The Hall–Kier alpha value is -3.95. The molecule has 0 aliphatic rings. The van der Waals surface area contributed by atoms with Gasteiger partial charge in [-0.05, 0) is 69.0 Å². The fraction of sp³-hybridized carbons (Fsp3) is 0.259. The molecule has 3 aromatic rings. The molecule has 0 fully saturated rings. The molecule has 0 radical (unpaired) electrons. The average molecular weight is 523 g/mol. The van der Waals surface area contributed by atoms with Gasteiger partial charge >= 0.3 is 6.03 Å². The van der Waals surface area contributed by atoms with Crippen molar-refractivity contribution in [3.05, 3.63) is 83.1 Å². The highest BCUT2D eigenvalue weighted by molar-refractivity contribution is 6.30. The molecule has 0 aliphatic heterocycles. The van der Waals surface area contributed by atoms with Crippen molar-refractivity contribution in [2.75, 3.05) is 27.7 Å². The van der Waals surface area contributed by atoms with Gasteiger partial charge in [0.25, 0.3) is 0 Å². The van der Waals surface area contributed by atoms with E-state index in [1.165, 1.54) is 9.80 Å². The summed E-state index contributed by atoms with van der Waals surface area (Å²) in [5.74, 6) is 1.39. The largest absolute Gasteiger partial charge is 0.457 e. The van der Waals surface area contributed by atoms with E-state index in [2.05, 4.69) is 15.3 Å². The Morgan fingerprint density at radius 3 is 2.35 bits per heavy atom. The number of aromatic nitrogens is 1. The second-order valence-electron chi connectivity index (χ2n) is 8.56. The maximum atomic E-state index is 12.6. The molecule has 0 spiro atoms. The molecule has 1 aromatic heterocycles. The Morgan fingerprint density at radius 2 is 1.73 bits per heavy atom. The number of nitrogens with one attached hydrogen (secondary N) is 1. The van der Waals surface area contributed by atoms with Gasteiger partial charge in [0.15, 0.2) is 0 Å². The lowest BCUT2D eigenvalue weighted by Crippen LogP contribution is -2.47. The molecular formula is C27H31ClN6O3. The van der Waals surface area contributed by atoms with Crippen molar-refractivity contribution in [3.8, 4) is 11.5 Å². The second kappa shape index (κ2) is 13.4. The molecule has 0 atom stereocenters. The number of amides is 3. The summed E-state index contributed by atoms with van der Waals surface area (Å²) >= 11 is 5.98. The zero-order chi connectivity index (χ0) is 26.8. The van der Waals surface area contributed by atoms with Gasteiger partial charge in [-0.15, -0.1) is 0 Å². The van der Waals surface area contributed by atoms with Gasteiger partial charge in [0.2, 0.25) is 12.4 Å². The number of halogens is 1. The molecule has 3 rings (SSSR count). The Morgan fingerprint density at radius 1 is 1.03 bits per heavy atom. The molecule has 1 N–H and O–H groups in total. The second-order valence-corrected chi connectivity index (χ2v) is 8.99. The molecule has 2 aromatic carbocycles. The maximum Gasteiger partial charge on any atom is 0.323 e.